The third kappa shape index (κ3) is 4.90. The zero-order valence-electron chi connectivity index (χ0n) is 20.0. The molecule has 0 spiro atoms. The van der Waals surface area contributed by atoms with Gasteiger partial charge < -0.3 is 4.74 Å². The Balaban J connectivity index is 1.62. The first-order valence-corrected chi connectivity index (χ1v) is 12.4. The van der Waals surface area contributed by atoms with Crippen molar-refractivity contribution >= 4 is 23.2 Å². The van der Waals surface area contributed by atoms with Gasteiger partial charge in [-0.15, -0.1) is 0 Å². The number of benzene rings is 4. The number of rotatable bonds is 7. The molecule has 36 heavy (non-hydrogen) atoms. The molecule has 6 heteroatoms. The minimum atomic E-state index is -0.159. The predicted molar refractivity (Wildman–Crippen MR) is 147 cm³/mol. The summed E-state index contributed by atoms with van der Waals surface area (Å²) in [6.07, 6.45) is 0. The van der Waals surface area contributed by atoms with Crippen molar-refractivity contribution in [2.45, 2.75) is 16.7 Å². The summed E-state index contributed by atoms with van der Waals surface area (Å²) in [6, 6.07) is 35.4. The zero-order valence-corrected chi connectivity index (χ0v) is 20.8. The number of hydrogen-bond donors (Lipinski definition) is 1. The van der Waals surface area contributed by atoms with Gasteiger partial charge in [0.15, 0.2) is 0 Å². The second kappa shape index (κ2) is 10.5. The molecule has 0 aliphatic carbocycles. The molecule has 0 radical (unpaired) electrons. The van der Waals surface area contributed by atoms with Gasteiger partial charge in [0.25, 0.3) is 5.56 Å². The average molecular weight is 492 g/mol. The smallest absolute Gasteiger partial charge is 0.280 e. The van der Waals surface area contributed by atoms with Crippen LogP contribution in [0.25, 0.3) is 16.9 Å². The first-order chi connectivity index (χ1) is 17.6. The van der Waals surface area contributed by atoms with Gasteiger partial charge in [-0.3, -0.25) is 14.9 Å². The summed E-state index contributed by atoms with van der Waals surface area (Å²) in [5, 5.41) is 3.32. The van der Waals surface area contributed by atoms with Crippen LogP contribution in [0.4, 0.5) is 5.69 Å². The maximum absolute atomic E-state index is 13.7. The van der Waals surface area contributed by atoms with Crippen LogP contribution < -0.4 is 10.3 Å². The summed E-state index contributed by atoms with van der Waals surface area (Å²) >= 11 is 1.65. The Hall–Kier alpha value is -4.29. The largest absolute Gasteiger partial charge is 0.497 e. The summed E-state index contributed by atoms with van der Waals surface area (Å²) in [7, 11) is 1.62. The fraction of sp³-hybridized carbons (Fsp3) is 0.0667. The third-order valence-electron chi connectivity index (χ3n) is 5.77. The molecule has 5 rings (SSSR count). The van der Waals surface area contributed by atoms with E-state index in [4.69, 9.17) is 9.73 Å². The topological polar surface area (TPSA) is 59.4 Å². The average Bonchev–Trinajstić information content (AvgIpc) is 3.28. The van der Waals surface area contributed by atoms with E-state index in [2.05, 4.69) is 23.3 Å². The maximum Gasteiger partial charge on any atom is 0.280 e. The van der Waals surface area contributed by atoms with Crippen molar-refractivity contribution in [3.63, 3.8) is 0 Å². The number of nitrogens with one attached hydrogen (secondary N) is 1. The zero-order chi connectivity index (χ0) is 24.9. The summed E-state index contributed by atoms with van der Waals surface area (Å²) in [5.41, 5.74) is 4.20. The molecule has 0 saturated heterocycles. The number of methoxy groups -OCH3 is 1. The molecule has 1 N–H and O–H groups in total. The van der Waals surface area contributed by atoms with E-state index in [1.807, 2.05) is 97.9 Å². The molecule has 0 unspecified atom stereocenters. The summed E-state index contributed by atoms with van der Waals surface area (Å²) < 4.78 is 6.83. The van der Waals surface area contributed by atoms with Gasteiger partial charge in [0.1, 0.15) is 5.75 Å². The molecular formula is C30H25N3O2S. The van der Waals surface area contributed by atoms with Crippen LogP contribution in [0.1, 0.15) is 12.5 Å². The molecule has 5 aromatic rings. The highest BCUT2D eigenvalue weighted by atomic mass is 32.2. The SMILES string of the molecule is COc1ccc(-n2[nH]c(-c3ccccc3)c(C(C)=Nc3ccccc3Sc3ccccc3)c2=O)cc1. The summed E-state index contributed by atoms with van der Waals surface area (Å²) in [4.78, 5) is 20.8. The number of para-hydroxylation sites is 1. The number of hydrogen-bond acceptors (Lipinski definition) is 4. The lowest BCUT2D eigenvalue weighted by Gasteiger charge is -2.07. The molecule has 0 amide bonds. The molecule has 4 aromatic carbocycles. The number of H-pyrrole nitrogens is 1. The molecule has 0 bridgehead atoms. The predicted octanol–water partition coefficient (Wildman–Crippen LogP) is 7.13. The molecule has 1 aromatic heterocycles. The van der Waals surface area contributed by atoms with Gasteiger partial charge in [-0.05, 0) is 55.5 Å². The van der Waals surface area contributed by atoms with Crippen LogP contribution in [0, 0.1) is 0 Å². The van der Waals surface area contributed by atoms with E-state index < -0.39 is 0 Å². The lowest BCUT2D eigenvalue weighted by Crippen LogP contribution is -2.19. The Labute approximate surface area is 214 Å². The van der Waals surface area contributed by atoms with Crippen LogP contribution in [0.3, 0.4) is 0 Å². The van der Waals surface area contributed by atoms with Gasteiger partial charge in [0, 0.05) is 15.4 Å². The Morgan fingerprint density at radius 1 is 0.833 bits per heavy atom. The van der Waals surface area contributed by atoms with E-state index in [0.29, 0.717) is 11.3 Å². The van der Waals surface area contributed by atoms with Crippen molar-refractivity contribution in [2.75, 3.05) is 7.11 Å². The van der Waals surface area contributed by atoms with Gasteiger partial charge in [-0.1, -0.05) is 72.4 Å². The van der Waals surface area contributed by atoms with E-state index in [1.165, 1.54) is 0 Å². The van der Waals surface area contributed by atoms with E-state index in [9.17, 15) is 4.79 Å². The van der Waals surface area contributed by atoms with Gasteiger partial charge in [-0.2, -0.15) is 0 Å². The van der Waals surface area contributed by atoms with Gasteiger partial charge >= 0.3 is 0 Å². The minimum absolute atomic E-state index is 0.159. The lowest BCUT2D eigenvalue weighted by molar-refractivity contribution is 0.414. The fourth-order valence-corrected chi connectivity index (χ4v) is 4.90. The Bertz CT molecular complexity index is 1550. The van der Waals surface area contributed by atoms with Crippen molar-refractivity contribution in [3.8, 4) is 22.7 Å². The van der Waals surface area contributed by atoms with Crippen molar-refractivity contribution in [1.82, 2.24) is 9.78 Å². The van der Waals surface area contributed by atoms with Crippen LogP contribution in [0.2, 0.25) is 0 Å². The highest BCUT2D eigenvalue weighted by molar-refractivity contribution is 7.99. The normalized spacial score (nSPS) is 11.4. The number of aromatic nitrogens is 2. The van der Waals surface area contributed by atoms with Crippen LogP contribution in [0.5, 0.6) is 5.75 Å². The standard InChI is InChI=1S/C30H25N3O2S/c1-21(31-26-15-9-10-16-27(26)36-25-13-7-4-8-14-25)28-29(22-11-5-3-6-12-22)32-33(30(28)34)23-17-19-24(35-2)20-18-23/h3-20,32H,1-2H3. The molecule has 178 valence electrons. The number of nitrogens with zero attached hydrogens (tertiary/aromatic N) is 2. The van der Waals surface area contributed by atoms with Crippen LogP contribution in [-0.2, 0) is 0 Å². The van der Waals surface area contributed by atoms with E-state index in [-0.39, 0.29) is 5.56 Å². The Kier molecular flexibility index (Phi) is 6.87. The molecule has 5 nitrogen and oxygen atoms in total. The first-order valence-electron chi connectivity index (χ1n) is 11.6. The second-order valence-electron chi connectivity index (χ2n) is 8.15. The Morgan fingerprint density at radius 3 is 2.17 bits per heavy atom. The van der Waals surface area contributed by atoms with Gasteiger partial charge in [0.2, 0.25) is 0 Å². The number of ether oxygens (including phenoxy) is 1. The summed E-state index contributed by atoms with van der Waals surface area (Å²) in [5.74, 6) is 0.729. The maximum atomic E-state index is 13.7. The monoisotopic (exact) mass is 491 g/mol. The molecule has 0 fully saturated rings. The van der Waals surface area contributed by atoms with Gasteiger partial charge in [-0.25, -0.2) is 4.68 Å². The van der Waals surface area contributed by atoms with Crippen molar-refractivity contribution < 1.29 is 4.74 Å². The molecule has 0 aliphatic rings. The molecule has 0 aliphatic heterocycles. The van der Waals surface area contributed by atoms with Crippen molar-refractivity contribution in [2.24, 2.45) is 4.99 Å². The van der Waals surface area contributed by atoms with Crippen molar-refractivity contribution in [3.05, 3.63) is 125 Å². The highest BCUT2D eigenvalue weighted by Crippen LogP contribution is 2.35. The van der Waals surface area contributed by atoms with E-state index in [1.54, 1.807) is 23.6 Å². The molecule has 1 heterocycles. The highest BCUT2D eigenvalue weighted by Gasteiger charge is 2.20. The van der Waals surface area contributed by atoms with E-state index >= 15 is 0 Å². The van der Waals surface area contributed by atoms with Gasteiger partial charge in [0.05, 0.1) is 35.5 Å². The fourth-order valence-electron chi connectivity index (χ4n) is 3.99. The number of aliphatic imine (C=N–C) groups is 1. The van der Waals surface area contributed by atoms with Crippen molar-refractivity contribution in [1.29, 1.82) is 0 Å². The van der Waals surface area contributed by atoms with Crippen LogP contribution in [0.15, 0.2) is 129 Å². The third-order valence-corrected chi connectivity index (χ3v) is 6.84. The minimum Gasteiger partial charge on any atom is -0.497 e. The molecule has 0 saturated carbocycles. The second-order valence-corrected chi connectivity index (χ2v) is 9.26. The summed E-state index contributed by atoms with van der Waals surface area (Å²) in [6.45, 7) is 1.89. The number of aromatic amines is 1. The lowest BCUT2D eigenvalue weighted by atomic mass is 10.1. The van der Waals surface area contributed by atoms with Crippen LogP contribution >= 0.6 is 11.8 Å². The van der Waals surface area contributed by atoms with Crippen LogP contribution in [-0.4, -0.2) is 22.6 Å². The quantitative estimate of drug-likeness (QED) is 0.246. The first kappa shape index (κ1) is 23.5. The molecular weight excluding hydrogens is 466 g/mol. The molecule has 0 atom stereocenters. The van der Waals surface area contributed by atoms with E-state index in [0.717, 1.165) is 38.2 Å². The Morgan fingerprint density at radius 2 is 1.47 bits per heavy atom.